The molecule has 3 rings (SSSR count). The van der Waals surface area contributed by atoms with Crippen LogP contribution in [0.4, 0.5) is 0 Å². The standard InChI is InChI=1S/C24H34N4O5/c1-15(26-2)22(30)27-18-10-6-7-11-19-17(21(25)29)14-20(28(19)23(18)31)24(32)33-13-12-16-8-4-3-5-9-16/h3-5,8-9,15,17-20,26H,6-7,10-14H2,1-2H3,(H2,25,29)(H,27,30)/t15-,17?,18-,19-,20?/m0/s1. The SMILES string of the molecule is CN[C@@H](C)C(=O)N[C@H]1CCCC[C@H]2C(C(N)=O)CC(C(=O)OCCc3ccccc3)N2C1=O. The number of nitrogens with one attached hydrogen (secondary N) is 2. The van der Waals surface area contributed by atoms with Gasteiger partial charge in [0.2, 0.25) is 17.7 Å². The van der Waals surface area contributed by atoms with Crippen LogP contribution in [-0.4, -0.2) is 66.4 Å². The Labute approximate surface area is 194 Å². The number of hydrogen-bond acceptors (Lipinski definition) is 6. The zero-order chi connectivity index (χ0) is 24.0. The first-order chi connectivity index (χ1) is 15.8. The van der Waals surface area contributed by atoms with Crippen LogP contribution in [0.5, 0.6) is 0 Å². The highest BCUT2D eigenvalue weighted by molar-refractivity contribution is 5.94. The summed E-state index contributed by atoms with van der Waals surface area (Å²) in [7, 11) is 1.67. The summed E-state index contributed by atoms with van der Waals surface area (Å²) in [6.07, 6.45) is 3.25. The monoisotopic (exact) mass is 458 g/mol. The maximum atomic E-state index is 13.5. The zero-order valence-electron chi connectivity index (χ0n) is 19.3. The number of hydrogen-bond donors (Lipinski definition) is 3. The predicted molar refractivity (Wildman–Crippen MR) is 122 cm³/mol. The number of ether oxygens (including phenoxy) is 1. The van der Waals surface area contributed by atoms with Gasteiger partial charge in [0.15, 0.2) is 0 Å². The van der Waals surface area contributed by atoms with E-state index >= 15 is 0 Å². The van der Waals surface area contributed by atoms with Crippen LogP contribution in [-0.2, 0) is 30.3 Å². The molecule has 2 aliphatic heterocycles. The Bertz CT molecular complexity index is 862. The molecular formula is C24H34N4O5. The molecule has 0 bridgehead atoms. The molecule has 180 valence electrons. The van der Waals surface area contributed by atoms with Gasteiger partial charge in [-0.15, -0.1) is 0 Å². The van der Waals surface area contributed by atoms with Crippen LogP contribution in [0.3, 0.4) is 0 Å². The zero-order valence-corrected chi connectivity index (χ0v) is 19.3. The van der Waals surface area contributed by atoms with E-state index < -0.39 is 42.0 Å². The van der Waals surface area contributed by atoms with Gasteiger partial charge in [0.05, 0.1) is 18.6 Å². The van der Waals surface area contributed by atoms with Gasteiger partial charge in [0, 0.05) is 12.5 Å². The van der Waals surface area contributed by atoms with E-state index in [1.54, 1.807) is 14.0 Å². The molecule has 2 aliphatic rings. The Kier molecular flexibility index (Phi) is 8.43. The quantitative estimate of drug-likeness (QED) is 0.487. The van der Waals surface area contributed by atoms with E-state index in [9.17, 15) is 19.2 Å². The molecule has 4 N–H and O–H groups in total. The number of rotatable bonds is 8. The van der Waals surface area contributed by atoms with Gasteiger partial charge in [0.1, 0.15) is 12.1 Å². The molecule has 2 fully saturated rings. The van der Waals surface area contributed by atoms with Crippen LogP contribution >= 0.6 is 0 Å². The molecule has 33 heavy (non-hydrogen) atoms. The number of nitrogens with two attached hydrogens (primary N) is 1. The number of benzene rings is 1. The van der Waals surface area contributed by atoms with Crippen LogP contribution in [0.1, 0.15) is 44.6 Å². The first-order valence-electron chi connectivity index (χ1n) is 11.6. The van der Waals surface area contributed by atoms with E-state index in [1.807, 2.05) is 30.3 Å². The summed E-state index contributed by atoms with van der Waals surface area (Å²) in [6.45, 7) is 1.88. The smallest absolute Gasteiger partial charge is 0.328 e. The summed E-state index contributed by atoms with van der Waals surface area (Å²) in [4.78, 5) is 52.6. The number of primary amides is 1. The minimum absolute atomic E-state index is 0.142. The number of fused-ring (bicyclic) bond motifs is 1. The second-order valence-electron chi connectivity index (χ2n) is 8.83. The maximum absolute atomic E-state index is 13.5. The molecule has 0 radical (unpaired) electrons. The molecule has 0 aliphatic carbocycles. The van der Waals surface area contributed by atoms with Crippen LogP contribution < -0.4 is 16.4 Å². The van der Waals surface area contributed by atoms with E-state index in [0.29, 0.717) is 19.3 Å². The lowest BCUT2D eigenvalue weighted by atomic mass is 9.92. The summed E-state index contributed by atoms with van der Waals surface area (Å²) < 4.78 is 5.52. The van der Waals surface area contributed by atoms with Crippen molar-refractivity contribution in [3.8, 4) is 0 Å². The van der Waals surface area contributed by atoms with Crippen LogP contribution in [0.15, 0.2) is 30.3 Å². The third-order valence-electron chi connectivity index (χ3n) is 6.69. The van der Waals surface area contributed by atoms with Crippen molar-refractivity contribution in [3.63, 3.8) is 0 Å². The van der Waals surface area contributed by atoms with Crippen LogP contribution in [0.2, 0.25) is 0 Å². The lowest BCUT2D eigenvalue weighted by Gasteiger charge is -2.35. The number of amides is 3. The molecule has 0 saturated carbocycles. The lowest BCUT2D eigenvalue weighted by Crippen LogP contribution is -2.57. The highest BCUT2D eigenvalue weighted by Gasteiger charge is 2.51. The fourth-order valence-electron chi connectivity index (χ4n) is 4.69. The van der Waals surface area contributed by atoms with E-state index in [0.717, 1.165) is 18.4 Å². The summed E-state index contributed by atoms with van der Waals surface area (Å²) in [6, 6.07) is 7.05. The molecular weight excluding hydrogens is 424 g/mol. The first kappa shape index (κ1) is 24.7. The van der Waals surface area contributed by atoms with Crippen molar-refractivity contribution in [3.05, 3.63) is 35.9 Å². The Hall–Kier alpha value is -2.94. The van der Waals surface area contributed by atoms with Gasteiger partial charge < -0.3 is 26.0 Å². The van der Waals surface area contributed by atoms with Gasteiger partial charge in [-0.25, -0.2) is 4.79 Å². The number of likely N-dealkylation sites (N-methyl/N-ethyl adjacent to an activating group) is 1. The molecule has 9 nitrogen and oxygen atoms in total. The minimum atomic E-state index is -0.894. The van der Waals surface area contributed by atoms with E-state index in [-0.39, 0.29) is 24.8 Å². The normalized spacial score (nSPS) is 26.0. The second kappa shape index (κ2) is 11.3. The van der Waals surface area contributed by atoms with Crippen LogP contribution in [0.25, 0.3) is 0 Å². The van der Waals surface area contributed by atoms with E-state index in [4.69, 9.17) is 10.5 Å². The molecule has 9 heteroatoms. The number of carbonyl (C=O) groups excluding carboxylic acids is 4. The van der Waals surface area contributed by atoms with Crippen molar-refractivity contribution in [1.29, 1.82) is 0 Å². The Balaban J connectivity index is 1.76. The van der Waals surface area contributed by atoms with Crippen molar-refractivity contribution >= 4 is 23.7 Å². The maximum Gasteiger partial charge on any atom is 0.328 e. The van der Waals surface area contributed by atoms with Crippen LogP contribution in [0, 0.1) is 5.92 Å². The highest BCUT2D eigenvalue weighted by Crippen LogP contribution is 2.36. The van der Waals surface area contributed by atoms with Gasteiger partial charge >= 0.3 is 5.97 Å². The lowest BCUT2D eigenvalue weighted by molar-refractivity contribution is -0.156. The fraction of sp³-hybridized carbons (Fsp3) is 0.583. The predicted octanol–water partition coefficient (Wildman–Crippen LogP) is 0.510. The molecule has 5 atom stereocenters. The number of nitrogens with zero attached hydrogens (tertiary/aromatic N) is 1. The number of carbonyl (C=O) groups is 4. The van der Waals surface area contributed by atoms with Crippen molar-refractivity contribution in [2.24, 2.45) is 11.7 Å². The minimum Gasteiger partial charge on any atom is -0.464 e. The summed E-state index contributed by atoms with van der Waals surface area (Å²) in [5, 5.41) is 5.66. The average Bonchev–Trinajstić information content (AvgIpc) is 3.18. The summed E-state index contributed by atoms with van der Waals surface area (Å²) in [5.41, 5.74) is 6.68. The van der Waals surface area contributed by atoms with Gasteiger partial charge in [-0.2, -0.15) is 0 Å². The molecule has 2 saturated heterocycles. The highest BCUT2D eigenvalue weighted by atomic mass is 16.5. The van der Waals surface area contributed by atoms with E-state index in [1.165, 1.54) is 4.90 Å². The summed E-state index contributed by atoms with van der Waals surface area (Å²) >= 11 is 0. The summed E-state index contributed by atoms with van der Waals surface area (Å²) in [5.74, 6) is -2.33. The molecule has 0 aromatic heterocycles. The van der Waals surface area contributed by atoms with Crippen molar-refractivity contribution in [2.45, 2.75) is 69.6 Å². The third-order valence-corrected chi connectivity index (χ3v) is 6.69. The van der Waals surface area contributed by atoms with E-state index in [2.05, 4.69) is 10.6 Å². The molecule has 0 spiro atoms. The molecule has 1 aromatic carbocycles. The third kappa shape index (κ3) is 5.90. The molecule has 3 amide bonds. The van der Waals surface area contributed by atoms with Gasteiger partial charge in [0.25, 0.3) is 0 Å². The Morgan fingerprint density at radius 2 is 1.88 bits per heavy atom. The molecule has 1 aromatic rings. The fourth-order valence-corrected chi connectivity index (χ4v) is 4.69. The van der Waals surface area contributed by atoms with Gasteiger partial charge in [-0.1, -0.05) is 43.2 Å². The van der Waals surface area contributed by atoms with Gasteiger partial charge in [-0.05, 0) is 38.8 Å². The topological polar surface area (TPSA) is 131 Å². The number of esters is 1. The average molecular weight is 459 g/mol. The molecule has 2 unspecified atom stereocenters. The van der Waals surface area contributed by atoms with Gasteiger partial charge in [-0.3, -0.25) is 14.4 Å². The Morgan fingerprint density at radius 3 is 2.55 bits per heavy atom. The van der Waals surface area contributed by atoms with Crippen molar-refractivity contribution in [2.75, 3.05) is 13.7 Å². The largest absolute Gasteiger partial charge is 0.464 e. The second-order valence-corrected chi connectivity index (χ2v) is 8.83. The first-order valence-corrected chi connectivity index (χ1v) is 11.6. The van der Waals surface area contributed by atoms with Crippen molar-refractivity contribution < 1.29 is 23.9 Å². The van der Waals surface area contributed by atoms with Crippen molar-refractivity contribution in [1.82, 2.24) is 15.5 Å². The molecule has 2 heterocycles. The Morgan fingerprint density at radius 1 is 1.18 bits per heavy atom.